The van der Waals surface area contributed by atoms with Crippen molar-refractivity contribution in [2.45, 2.75) is 32.6 Å². The lowest BCUT2D eigenvalue weighted by molar-refractivity contribution is -0.114. The van der Waals surface area contributed by atoms with Gasteiger partial charge in [-0.1, -0.05) is 24.3 Å². The first-order valence-electron chi connectivity index (χ1n) is 8.01. The maximum atomic E-state index is 12.3. The molecule has 2 N–H and O–H groups in total. The number of carbonyl (C=O) groups is 1. The lowest BCUT2D eigenvalue weighted by Gasteiger charge is -2.15. The van der Waals surface area contributed by atoms with Gasteiger partial charge < -0.3 is 10.6 Å². The van der Waals surface area contributed by atoms with Crippen LogP contribution in [0.25, 0.3) is 0 Å². The van der Waals surface area contributed by atoms with Crippen LogP contribution in [0.2, 0.25) is 0 Å². The summed E-state index contributed by atoms with van der Waals surface area (Å²) < 4.78 is 23.9. The van der Waals surface area contributed by atoms with Crippen molar-refractivity contribution in [3.8, 4) is 0 Å². The van der Waals surface area contributed by atoms with E-state index in [1.165, 1.54) is 6.26 Å². The normalized spacial score (nSPS) is 11.2. The highest BCUT2D eigenvalue weighted by atomic mass is 32.2. The molecule has 0 radical (unpaired) electrons. The fourth-order valence-electron chi connectivity index (χ4n) is 2.96. The summed E-state index contributed by atoms with van der Waals surface area (Å²) in [4.78, 5) is 12.6. The summed E-state index contributed by atoms with van der Waals surface area (Å²) in [6.45, 7) is 7.45. The van der Waals surface area contributed by atoms with Crippen LogP contribution in [-0.4, -0.2) is 27.1 Å². The number of hydrogen-bond acceptors (Lipinski definition) is 4. The van der Waals surface area contributed by atoms with Gasteiger partial charge in [-0.2, -0.15) is 0 Å². The number of carbonyl (C=O) groups excluding carboxylic acids is 1. The predicted molar refractivity (Wildman–Crippen MR) is 102 cm³/mol. The number of nitrogens with one attached hydrogen (secondary N) is 2. The van der Waals surface area contributed by atoms with Crippen LogP contribution in [0.3, 0.4) is 0 Å². The van der Waals surface area contributed by atoms with E-state index in [0.29, 0.717) is 21.7 Å². The Kier molecular flexibility index (Phi) is 5.52. The molecule has 0 spiro atoms. The van der Waals surface area contributed by atoms with Crippen molar-refractivity contribution in [3.05, 3.63) is 52.6 Å². The minimum Gasteiger partial charge on any atom is -0.376 e. The van der Waals surface area contributed by atoms with Gasteiger partial charge in [0.15, 0.2) is 9.84 Å². The Labute approximate surface area is 149 Å². The molecule has 0 atom stereocenters. The van der Waals surface area contributed by atoms with Gasteiger partial charge in [-0.15, -0.1) is 0 Å². The van der Waals surface area contributed by atoms with Gasteiger partial charge >= 0.3 is 0 Å². The Hall–Kier alpha value is -2.34. The van der Waals surface area contributed by atoms with E-state index in [-0.39, 0.29) is 12.5 Å². The SMILES string of the molecule is Cc1cccc(C)c1NC(=O)CNc1ccc(C)c(S(C)(=O)=O)c1C. The van der Waals surface area contributed by atoms with Gasteiger partial charge in [0.25, 0.3) is 0 Å². The summed E-state index contributed by atoms with van der Waals surface area (Å²) in [5.74, 6) is -0.182. The molecule has 134 valence electrons. The molecule has 6 heteroatoms. The van der Waals surface area contributed by atoms with Gasteiger partial charge in [0.2, 0.25) is 5.91 Å². The van der Waals surface area contributed by atoms with Crippen molar-refractivity contribution in [3.63, 3.8) is 0 Å². The van der Waals surface area contributed by atoms with Crippen molar-refractivity contribution < 1.29 is 13.2 Å². The topological polar surface area (TPSA) is 75.3 Å². The highest BCUT2D eigenvalue weighted by Gasteiger charge is 2.17. The minimum absolute atomic E-state index is 0.0564. The van der Waals surface area contributed by atoms with Gasteiger partial charge in [-0.3, -0.25) is 4.79 Å². The molecule has 0 aromatic heterocycles. The highest BCUT2D eigenvalue weighted by molar-refractivity contribution is 7.90. The lowest BCUT2D eigenvalue weighted by atomic mass is 10.1. The molecule has 0 fully saturated rings. The van der Waals surface area contributed by atoms with Crippen LogP contribution in [0.4, 0.5) is 11.4 Å². The zero-order valence-corrected chi connectivity index (χ0v) is 16.0. The van der Waals surface area contributed by atoms with E-state index in [1.807, 2.05) is 32.0 Å². The Morgan fingerprint density at radius 3 is 2.12 bits per heavy atom. The molecule has 1 amide bonds. The Morgan fingerprint density at radius 1 is 0.960 bits per heavy atom. The van der Waals surface area contributed by atoms with Crippen LogP contribution in [0.1, 0.15) is 22.3 Å². The van der Waals surface area contributed by atoms with E-state index >= 15 is 0 Å². The molecule has 0 bridgehead atoms. The standard InChI is InChI=1S/C19H24N2O3S/c1-12-7-6-8-13(2)18(12)21-17(22)11-20-16-10-9-14(3)19(15(16)4)25(5,23)24/h6-10,20H,11H2,1-5H3,(H,21,22). The van der Waals surface area contributed by atoms with E-state index in [0.717, 1.165) is 16.8 Å². The van der Waals surface area contributed by atoms with Crippen LogP contribution in [0.5, 0.6) is 0 Å². The number of hydrogen-bond donors (Lipinski definition) is 2. The van der Waals surface area contributed by atoms with E-state index in [9.17, 15) is 13.2 Å². The molecule has 5 nitrogen and oxygen atoms in total. The Balaban J connectivity index is 2.16. The first kappa shape index (κ1) is 19.0. The molecule has 0 saturated heterocycles. The smallest absolute Gasteiger partial charge is 0.243 e. The van der Waals surface area contributed by atoms with Crippen LogP contribution in [0, 0.1) is 27.7 Å². The molecule has 2 aromatic carbocycles. The zero-order chi connectivity index (χ0) is 18.8. The third-order valence-corrected chi connectivity index (χ3v) is 5.53. The fourth-order valence-corrected chi connectivity index (χ4v) is 4.28. The number of sulfone groups is 1. The molecule has 0 heterocycles. The first-order valence-corrected chi connectivity index (χ1v) is 9.90. The Bertz CT molecular complexity index is 898. The molecule has 0 aliphatic carbocycles. The molecule has 25 heavy (non-hydrogen) atoms. The lowest BCUT2D eigenvalue weighted by Crippen LogP contribution is -2.23. The summed E-state index contributed by atoms with van der Waals surface area (Å²) in [6.07, 6.45) is 1.19. The molecule has 0 unspecified atom stereocenters. The van der Waals surface area contributed by atoms with E-state index in [4.69, 9.17) is 0 Å². The van der Waals surface area contributed by atoms with Gasteiger partial charge in [-0.25, -0.2) is 8.42 Å². The summed E-state index contributed by atoms with van der Waals surface area (Å²) in [6, 6.07) is 9.37. The van der Waals surface area contributed by atoms with Crippen LogP contribution < -0.4 is 10.6 Å². The molecule has 0 aliphatic rings. The fraction of sp³-hybridized carbons (Fsp3) is 0.316. The van der Waals surface area contributed by atoms with Crippen LogP contribution in [0.15, 0.2) is 35.2 Å². The maximum Gasteiger partial charge on any atom is 0.243 e. The third kappa shape index (κ3) is 4.39. The largest absolute Gasteiger partial charge is 0.376 e. The average Bonchev–Trinajstić information content (AvgIpc) is 2.49. The van der Waals surface area contributed by atoms with Gasteiger partial charge in [-0.05, 0) is 56.0 Å². The summed E-state index contributed by atoms with van der Waals surface area (Å²) in [7, 11) is -3.33. The highest BCUT2D eigenvalue weighted by Crippen LogP contribution is 2.26. The maximum absolute atomic E-state index is 12.3. The van der Waals surface area contributed by atoms with Crippen LogP contribution >= 0.6 is 0 Å². The van der Waals surface area contributed by atoms with Crippen molar-refractivity contribution >= 4 is 27.1 Å². The van der Waals surface area contributed by atoms with Gasteiger partial charge in [0, 0.05) is 17.6 Å². The molecule has 2 aromatic rings. The van der Waals surface area contributed by atoms with Crippen molar-refractivity contribution in [1.29, 1.82) is 0 Å². The number of anilines is 2. The summed E-state index contributed by atoms with van der Waals surface area (Å²) in [5, 5.41) is 5.94. The predicted octanol–water partition coefficient (Wildman–Crippen LogP) is 3.37. The monoisotopic (exact) mass is 360 g/mol. The molecular weight excluding hydrogens is 336 g/mol. The van der Waals surface area contributed by atoms with Crippen molar-refractivity contribution in [2.24, 2.45) is 0 Å². The van der Waals surface area contributed by atoms with Gasteiger partial charge in [0.1, 0.15) is 0 Å². The molecular formula is C19H24N2O3S. The average molecular weight is 360 g/mol. The van der Waals surface area contributed by atoms with Gasteiger partial charge in [0.05, 0.1) is 11.4 Å². The molecule has 0 aliphatic heterocycles. The summed E-state index contributed by atoms with van der Waals surface area (Å²) >= 11 is 0. The second-order valence-electron chi connectivity index (χ2n) is 6.32. The van der Waals surface area contributed by atoms with Crippen molar-refractivity contribution in [1.82, 2.24) is 0 Å². The number of benzene rings is 2. The molecule has 0 saturated carbocycles. The Morgan fingerprint density at radius 2 is 1.56 bits per heavy atom. The van der Waals surface area contributed by atoms with E-state index in [1.54, 1.807) is 26.0 Å². The number of aryl methyl sites for hydroxylation is 3. The second-order valence-corrected chi connectivity index (χ2v) is 8.28. The zero-order valence-electron chi connectivity index (χ0n) is 15.2. The van der Waals surface area contributed by atoms with Crippen molar-refractivity contribution in [2.75, 3.05) is 23.4 Å². The first-order chi connectivity index (χ1) is 11.6. The second kappa shape index (κ2) is 7.27. The quantitative estimate of drug-likeness (QED) is 0.857. The minimum atomic E-state index is -3.33. The number of rotatable bonds is 5. The van der Waals surface area contributed by atoms with Crippen LogP contribution in [-0.2, 0) is 14.6 Å². The number of para-hydroxylation sites is 1. The molecule has 2 rings (SSSR count). The third-order valence-electron chi connectivity index (χ3n) is 4.16. The van der Waals surface area contributed by atoms with E-state index < -0.39 is 9.84 Å². The summed E-state index contributed by atoms with van der Waals surface area (Å²) in [5.41, 5.74) is 4.78. The number of amides is 1. The van der Waals surface area contributed by atoms with E-state index in [2.05, 4.69) is 10.6 Å².